The highest BCUT2D eigenvalue weighted by Crippen LogP contribution is 2.34. The van der Waals surface area contributed by atoms with Crippen LogP contribution in [0.2, 0.25) is 0 Å². The first kappa shape index (κ1) is 18.0. The molecule has 2 aliphatic rings. The number of fused-ring (bicyclic) bond motifs is 1. The number of hydroxylamine groups is 2. The minimum absolute atomic E-state index is 0.0382. The molecule has 0 spiro atoms. The molecule has 27 heavy (non-hydrogen) atoms. The first-order chi connectivity index (χ1) is 13.2. The maximum atomic E-state index is 12.5. The molecule has 1 fully saturated rings. The van der Waals surface area contributed by atoms with Crippen molar-refractivity contribution in [3.63, 3.8) is 0 Å². The zero-order valence-corrected chi connectivity index (χ0v) is 15.9. The third-order valence-electron chi connectivity index (χ3n) is 5.68. The van der Waals surface area contributed by atoms with Gasteiger partial charge in [-0.05, 0) is 48.6 Å². The summed E-state index contributed by atoms with van der Waals surface area (Å²) in [5.74, 6) is 1.54. The van der Waals surface area contributed by atoms with Crippen LogP contribution in [0.15, 0.2) is 48.5 Å². The maximum Gasteiger partial charge on any atom is 0.278 e. The van der Waals surface area contributed by atoms with E-state index in [1.165, 1.54) is 10.6 Å². The molecule has 2 aromatic carbocycles. The second-order valence-electron chi connectivity index (χ2n) is 7.48. The van der Waals surface area contributed by atoms with Gasteiger partial charge in [0.15, 0.2) is 0 Å². The lowest BCUT2D eigenvalue weighted by Gasteiger charge is -2.36. The molecule has 0 aromatic heterocycles. The van der Waals surface area contributed by atoms with Gasteiger partial charge in [0.2, 0.25) is 0 Å². The van der Waals surface area contributed by atoms with E-state index >= 15 is 0 Å². The Kier molecular flexibility index (Phi) is 5.14. The Morgan fingerprint density at radius 1 is 1.15 bits per heavy atom. The molecule has 1 saturated heterocycles. The minimum Gasteiger partial charge on any atom is -0.497 e. The zero-order valence-electron chi connectivity index (χ0n) is 15.9. The Labute approximate surface area is 160 Å². The summed E-state index contributed by atoms with van der Waals surface area (Å²) >= 11 is 0. The van der Waals surface area contributed by atoms with Crippen LogP contribution in [-0.2, 0) is 11.4 Å². The summed E-state index contributed by atoms with van der Waals surface area (Å²) in [7, 11) is 1.68. The standard InChI is InChI=1S/C22H26N2O3/c1-15-11-21(16-7-9-19(26-2)10-8-16)18(12-23-15)14-27-24-13-17-5-3-4-6-20(17)22(24)25/h3-10,15,18,21,23H,11-14H2,1-2H3. The monoisotopic (exact) mass is 366 g/mol. The minimum atomic E-state index is -0.0382. The molecule has 3 unspecified atom stereocenters. The quantitative estimate of drug-likeness (QED) is 0.882. The molecule has 1 amide bonds. The van der Waals surface area contributed by atoms with Gasteiger partial charge in [-0.25, -0.2) is 5.06 Å². The molecular formula is C22H26N2O3. The third-order valence-corrected chi connectivity index (χ3v) is 5.68. The number of benzene rings is 2. The number of carbonyl (C=O) groups excluding carboxylic acids is 1. The van der Waals surface area contributed by atoms with E-state index in [0.717, 1.165) is 29.8 Å². The van der Waals surface area contributed by atoms with E-state index in [-0.39, 0.29) is 5.91 Å². The van der Waals surface area contributed by atoms with Crippen molar-refractivity contribution < 1.29 is 14.4 Å². The van der Waals surface area contributed by atoms with Crippen molar-refractivity contribution in [2.75, 3.05) is 20.3 Å². The normalized spacial score (nSPS) is 24.7. The first-order valence-corrected chi connectivity index (χ1v) is 9.55. The summed E-state index contributed by atoms with van der Waals surface area (Å²) in [6.07, 6.45) is 1.05. The highest BCUT2D eigenvalue weighted by Gasteiger charge is 2.33. The molecule has 5 heteroatoms. The number of amides is 1. The smallest absolute Gasteiger partial charge is 0.278 e. The number of ether oxygens (including phenoxy) is 1. The molecule has 142 valence electrons. The van der Waals surface area contributed by atoms with Crippen molar-refractivity contribution in [3.05, 3.63) is 65.2 Å². The van der Waals surface area contributed by atoms with Crippen LogP contribution < -0.4 is 10.1 Å². The number of methoxy groups -OCH3 is 1. The van der Waals surface area contributed by atoms with Crippen molar-refractivity contribution in [1.29, 1.82) is 0 Å². The number of nitrogens with zero attached hydrogens (tertiary/aromatic N) is 1. The van der Waals surface area contributed by atoms with Crippen molar-refractivity contribution in [1.82, 2.24) is 10.4 Å². The zero-order chi connectivity index (χ0) is 18.8. The highest BCUT2D eigenvalue weighted by molar-refractivity contribution is 5.97. The topological polar surface area (TPSA) is 50.8 Å². The lowest BCUT2D eigenvalue weighted by molar-refractivity contribution is -0.139. The molecule has 2 heterocycles. The fourth-order valence-electron chi connectivity index (χ4n) is 4.10. The van der Waals surface area contributed by atoms with E-state index < -0.39 is 0 Å². The summed E-state index contributed by atoms with van der Waals surface area (Å²) in [6, 6.07) is 16.5. The Morgan fingerprint density at radius 2 is 1.93 bits per heavy atom. The summed E-state index contributed by atoms with van der Waals surface area (Å²) in [5.41, 5.74) is 3.08. The SMILES string of the molecule is COc1ccc(C2CC(C)NCC2CON2Cc3ccccc3C2=O)cc1. The molecule has 5 nitrogen and oxygen atoms in total. The van der Waals surface area contributed by atoms with Crippen molar-refractivity contribution >= 4 is 5.91 Å². The van der Waals surface area contributed by atoms with E-state index in [9.17, 15) is 4.79 Å². The Bertz CT molecular complexity index is 805. The van der Waals surface area contributed by atoms with Crippen LogP contribution in [0.1, 0.15) is 40.7 Å². The van der Waals surface area contributed by atoms with E-state index in [2.05, 4.69) is 24.4 Å². The van der Waals surface area contributed by atoms with E-state index in [0.29, 0.717) is 31.0 Å². The van der Waals surface area contributed by atoms with Gasteiger partial charge < -0.3 is 10.1 Å². The van der Waals surface area contributed by atoms with Gasteiger partial charge in [-0.2, -0.15) is 0 Å². The van der Waals surface area contributed by atoms with Gasteiger partial charge in [-0.1, -0.05) is 30.3 Å². The van der Waals surface area contributed by atoms with E-state index in [1.54, 1.807) is 7.11 Å². The Balaban J connectivity index is 1.44. The Hall–Kier alpha value is -2.37. The molecule has 3 atom stereocenters. The van der Waals surface area contributed by atoms with Gasteiger partial charge >= 0.3 is 0 Å². The molecule has 0 aliphatic carbocycles. The van der Waals surface area contributed by atoms with Gasteiger partial charge in [-0.3, -0.25) is 9.63 Å². The Morgan fingerprint density at radius 3 is 2.67 bits per heavy atom. The highest BCUT2D eigenvalue weighted by atomic mass is 16.7. The molecule has 0 bridgehead atoms. The second-order valence-corrected chi connectivity index (χ2v) is 7.48. The van der Waals surface area contributed by atoms with Crippen molar-refractivity contribution in [2.45, 2.75) is 31.8 Å². The lowest BCUT2D eigenvalue weighted by Crippen LogP contribution is -2.44. The van der Waals surface area contributed by atoms with Crippen LogP contribution in [0.5, 0.6) is 5.75 Å². The van der Waals surface area contributed by atoms with Gasteiger partial charge in [-0.15, -0.1) is 0 Å². The van der Waals surface area contributed by atoms with E-state index in [4.69, 9.17) is 9.57 Å². The second kappa shape index (κ2) is 7.71. The van der Waals surface area contributed by atoms with E-state index in [1.807, 2.05) is 36.4 Å². The molecule has 1 N–H and O–H groups in total. The number of hydrogen-bond donors (Lipinski definition) is 1. The summed E-state index contributed by atoms with van der Waals surface area (Å²) < 4.78 is 5.28. The van der Waals surface area contributed by atoms with Crippen LogP contribution in [0, 0.1) is 5.92 Å². The predicted molar refractivity (Wildman–Crippen MR) is 104 cm³/mol. The first-order valence-electron chi connectivity index (χ1n) is 9.55. The number of nitrogens with one attached hydrogen (secondary N) is 1. The summed E-state index contributed by atoms with van der Waals surface area (Å²) in [4.78, 5) is 18.5. The molecule has 2 aliphatic heterocycles. The van der Waals surface area contributed by atoms with Gasteiger partial charge in [0.1, 0.15) is 5.75 Å². The van der Waals surface area contributed by atoms with Crippen molar-refractivity contribution in [2.24, 2.45) is 5.92 Å². The molecular weight excluding hydrogens is 340 g/mol. The average molecular weight is 366 g/mol. The van der Waals surface area contributed by atoms with Crippen LogP contribution in [0.25, 0.3) is 0 Å². The van der Waals surface area contributed by atoms with Crippen LogP contribution in [-0.4, -0.2) is 37.3 Å². The average Bonchev–Trinajstić information content (AvgIpc) is 3.03. The molecule has 0 saturated carbocycles. The maximum absolute atomic E-state index is 12.5. The summed E-state index contributed by atoms with van der Waals surface area (Å²) in [5, 5.41) is 5.06. The third kappa shape index (κ3) is 3.70. The largest absolute Gasteiger partial charge is 0.497 e. The number of piperidine rings is 1. The summed E-state index contributed by atoms with van der Waals surface area (Å²) in [6.45, 7) is 4.15. The van der Waals surface area contributed by atoms with Gasteiger partial charge in [0.05, 0.1) is 20.3 Å². The number of hydrogen-bond acceptors (Lipinski definition) is 4. The molecule has 0 radical (unpaired) electrons. The number of rotatable bonds is 5. The fourth-order valence-corrected chi connectivity index (χ4v) is 4.10. The fraction of sp³-hybridized carbons (Fsp3) is 0.409. The number of carbonyl (C=O) groups is 1. The van der Waals surface area contributed by atoms with Crippen LogP contribution in [0.3, 0.4) is 0 Å². The molecule has 2 aromatic rings. The lowest BCUT2D eigenvalue weighted by atomic mass is 9.79. The van der Waals surface area contributed by atoms with Crippen molar-refractivity contribution in [3.8, 4) is 5.75 Å². The predicted octanol–water partition coefficient (Wildman–Crippen LogP) is 3.36. The van der Waals surface area contributed by atoms with Crippen LogP contribution >= 0.6 is 0 Å². The molecule has 4 rings (SSSR count). The van der Waals surface area contributed by atoms with Gasteiger partial charge in [0.25, 0.3) is 5.91 Å². The van der Waals surface area contributed by atoms with Crippen LogP contribution in [0.4, 0.5) is 0 Å². The van der Waals surface area contributed by atoms with Gasteiger partial charge in [0, 0.05) is 24.1 Å².